The van der Waals surface area contributed by atoms with Crippen molar-refractivity contribution in [3.8, 4) is 0 Å². The number of aliphatic hydroxyl groups is 3. The third-order valence-corrected chi connectivity index (χ3v) is 4.03. The van der Waals surface area contributed by atoms with E-state index in [0.717, 1.165) is 13.0 Å². The molecule has 0 unspecified atom stereocenters. The van der Waals surface area contributed by atoms with E-state index in [4.69, 9.17) is 10.2 Å². The van der Waals surface area contributed by atoms with Gasteiger partial charge in [-0.05, 0) is 13.0 Å². The van der Waals surface area contributed by atoms with E-state index in [1.165, 1.54) is 38.5 Å². The van der Waals surface area contributed by atoms with Crippen molar-refractivity contribution in [3.63, 3.8) is 0 Å². The summed E-state index contributed by atoms with van der Waals surface area (Å²) in [6.45, 7) is 3.06. The van der Waals surface area contributed by atoms with E-state index in [1.807, 2.05) is 4.90 Å². The molecular weight excluding hydrogens is 230 g/mol. The van der Waals surface area contributed by atoms with Crippen LogP contribution in [0.15, 0.2) is 0 Å². The van der Waals surface area contributed by atoms with Gasteiger partial charge in [-0.2, -0.15) is 0 Å². The molecule has 1 rings (SSSR count). The van der Waals surface area contributed by atoms with Gasteiger partial charge in [-0.15, -0.1) is 0 Å². The highest BCUT2D eigenvalue weighted by Gasteiger charge is 2.45. The SMILES string of the molecule is CCCCCCCCCN1[C@H](CO)C(O)[C@H]1CO. The molecule has 0 aliphatic carbocycles. The molecule has 1 aliphatic rings. The highest BCUT2D eigenvalue weighted by molar-refractivity contribution is 5.00. The van der Waals surface area contributed by atoms with Crippen LogP contribution in [0.3, 0.4) is 0 Å². The predicted molar refractivity (Wildman–Crippen MR) is 72.5 cm³/mol. The number of nitrogens with zero attached hydrogens (tertiary/aromatic N) is 1. The topological polar surface area (TPSA) is 63.9 Å². The quantitative estimate of drug-likeness (QED) is 0.515. The molecule has 0 spiro atoms. The zero-order valence-corrected chi connectivity index (χ0v) is 11.6. The lowest BCUT2D eigenvalue weighted by atomic mass is 9.89. The van der Waals surface area contributed by atoms with Crippen molar-refractivity contribution in [2.75, 3.05) is 19.8 Å². The van der Waals surface area contributed by atoms with Gasteiger partial charge >= 0.3 is 0 Å². The van der Waals surface area contributed by atoms with Crippen LogP contribution in [0.1, 0.15) is 51.9 Å². The summed E-state index contributed by atoms with van der Waals surface area (Å²) in [4.78, 5) is 2.04. The van der Waals surface area contributed by atoms with Gasteiger partial charge in [0.25, 0.3) is 0 Å². The molecule has 0 bridgehead atoms. The molecule has 0 radical (unpaired) electrons. The molecule has 4 heteroatoms. The number of hydrogen-bond acceptors (Lipinski definition) is 4. The Bertz CT molecular complexity index is 201. The zero-order chi connectivity index (χ0) is 13.4. The summed E-state index contributed by atoms with van der Waals surface area (Å²) in [6.07, 6.45) is 8.24. The van der Waals surface area contributed by atoms with Crippen LogP contribution in [-0.4, -0.2) is 58.2 Å². The third kappa shape index (κ3) is 4.19. The second kappa shape index (κ2) is 8.86. The van der Waals surface area contributed by atoms with E-state index < -0.39 is 6.10 Å². The number of hydrogen-bond donors (Lipinski definition) is 3. The summed E-state index contributed by atoms with van der Waals surface area (Å²) >= 11 is 0. The zero-order valence-electron chi connectivity index (χ0n) is 11.6. The van der Waals surface area contributed by atoms with Gasteiger partial charge in [0.1, 0.15) is 0 Å². The normalized spacial score (nSPS) is 25.3. The minimum atomic E-state index is -0.565. The Hall–Kier alpha value is -0.160. The fourth-order valence-corrected chi connectivity index (χ4v) is 2.80. The van der Waals surface area contributed by atoms with Gasteiger partial charge in [0.2, 0.25) is 0 Å². The molecule has 1 aliphatic heterocycles. The lowest BCUT2D eigenvalue weighted by Gasteiger charge is -2.51. The van der Waals surface area contributed by atoms with Gasteiger partial charge in [-0.25, -0.2) is 0 Å². The van der Waals surface area contributed by atoms with E-state index in [0.29, 0.717) is 0 Å². The lowest BCUT2D eigenvalue weighted by Crippen LogP contribution is -2.70. The molecule has 0 aromatic rings. The average Bonchev–Trinajstić information content (AvgIpc) is 2.37. The molecule has 2 atom stereocenters. The Morgan fingerprint density at radius 1 is 0.833 bits per heavy atom. The van der Waals surface area contributed by atoms with E-state index >= 15 is 0 Å². The van der Waals surface area contributed by atoms with Crippen molar-refractivity contribution in [2.45, 2.75) is 70.1 Å². The van der Waals surface area contributed by atoms with Crippen LogP contribution in [0, 0.1) is 0 Å². The maximum absolute atomic E-state index is 9.68. The van der Waals surface area contributed by atoms with Gasteiger partial charge in [0, 0.05) is 0 Å². The Labute approximate surface area is 111 Å². The Morgan fingerprint density at radius 2 is 1.33 bits per heavy atom. The molecule has 108 valence electrons. The number of unbranched alkanes of at least 4 members (excludes halogenated alkanes) is 6. The number of likely N-dealkylation sites (tertiary alicyclic amines) is 1. The summed E-state index contributed by atoms with van der Waals surface area (Å²) in [5.41, 5.74) is 0. The summed E-state index contributed by atoms with van der Waals surface area (Å²) in [5.74, 6) is 0. The van der Waals surface area contributed by atoms with Crippen LogP contribution in [-0.2, 0) is 0 Å². The van der Waals surface area contributed by atoms with Crippen LogP contribution in [0.2, 0.25) is 0 Å². The highest BCUT2D eigenvalue weighted by Crippen LogP contribution is 2.26. The maximum Gasteiger partial charge on any atom is 0.0895 e. The van der Waals surface area contributed by atoms with E-state index in [9.17, 15) is 5.11 Å². The summed E-state index contributed by atoms with van der Waals surface area (Å²) in [6, 6.07) is -0.329. The summed E-state index contributed by atoms with van der Waals surface area (Å²) < 4.78 is 0. The first kappa shape index (κ1) is 15.9. The fraction of sp³-hybridized carbons (Fsp3) is 1.00. The molecular formula is C14H29NO3. The van der Waals surface area contributed by atoms with Crippen LogP contribution in [0.5, 0.6) is 0 Å². The smallest absolute Gasteiger partial charge is 0.0895 e. The van der Waals surface area contributed by atoms with Crippen molar-refractivity contribution >= 4 is 0 Å². The highest BCUT2D eigenvalue weighted by atomic mass is 16.3. The van der Waals surface area contributed by atoms with Crippen molar-refractivity contribution in [1.82, 2.24) is 4.90 Å². The summed E-state index contributed by atoms with van der Waals surface area (Å²) in [5, 5.41) is 28.0. The molecule has 1 fully saturated rings. The lowest BCUT2D eigenvalue weighted by molar-refractivity contribution is -0.148. The van der Waals surface area contributed by atoms with Gasteiger partial charge in [-0.1, -0.05) is 45.4 Å². The van der Waals surface area contributed by atoms with Crippen molar-refractivity contribution in [1.29, 1.82) is 0 Å². The maximum atomic E-state index is 9.68. The van der Waals surface area contributed by atoms with Gasteiger partial charge < -0.3 is 15.3 Å². The molecule has 3 N–H and O–H groups in total. The van der Waals surface area contributed by atoms with E-state index in [2.05, 4.69) is 6.92 Å². The molecule has 1 heterocycles. The van der Waals surface area contributed by atoms with Crippen LogP contribution in [0.25, 0.3) is 0 Å². The first-order valence-electron chi connectivity index (χ1n) is 7.41. The fourth-order valence-electron chi connectivity index (χ4n) is 2.80. The second-order valence-electron chi connectivity index (χ2n) is 5.35. The molecule has 1 saturated heterocycles. The second-order valence-corrected chi connectivity index (χ2v) is 5.35. The number of rotatable bonds is 10. The van der Waals surface area contributed by atoms with Crippen LogP contribution >= 0.6 is 0 Å². The van der Waals surface area contributed by atoms with Crippen molar-refractivity contribution in [2.24, 2.45) is 0 Å². The molecule has 0 saturated carbocycles. The van der Waals surface area contributed by atoms with Crippen LogP contribution in [0.4, 0.5) is 0 Å². The van der Waals surface area contributed by atoms with E-state index in [1.54, 1.807) is 0 Å². The first-order valence-corrected chi connectivity index (χ1v) is 7.41. The third-order valence-electron chi connectivity index (χ3n) is 4.03. The minimum absolute atomic E-state index is 0.0197. The predicted octanol–water partition coefficient (Wildman–Crippen LogP) is 1.14. The molecule has 4 nitrogen and oxygen atoms in total. The first-order chi connectivity index (χ1) is 8.76. The molecule has 0 amide bonds. The Morgan fingerprint density at radius 3 is 1.83 bits per heavy atom. The van der Waals surface area contributed by atoms with Gasteiger partial charge in [0.15, 0.2) is 0 Å². The van der Waals surface area contributed by atoms with E-state index in [-0.39, 0.29) is 25.3 Å². The largest absolute Gasteiger partial charge is 0.395 e. The van der Waals surface area contributed by atoms with Crippen molar-refractivity contribution < 1.29 is 15.3 Å². The molecule has 0 aromatic carbocycles. The molecule has 18 heavy (non-hydrogen) atoms. The Balaban J connectivity index is 2.07. The monoisotopic (exact) mass is 259 g/mol. The van der Waals surface area contributed by atoms with Crippen molar-refractivity contribution in [3.05, 3.63) is 0 Å². The average molecular weight is 259 g/mol. The summed E-state index contributed by atoms with van der Waals surface area (Å²) in [7, 11) is 0. The molecule has 0 aromatic heterocycles. The number of aliphatic hydroxyl groups excluding tert-OH is 3. The van der Waals surface area contributed by atoms with Gasteiger partial charge in [0.05, 0.1) is 31.4 Å². The standard InChI is InChI=1S/C14H29NO3/c1-2-3-4-5-6-7-8-9-15-12(10-16)14(18)13(15)11-17/h12-14,16-18H,2-11H2,1H3/t12-,13-/m1/s1. The Kier molecular flexibility index (Phi) is 7.82. The van der Waals surface area contributed by atoms with Crippen LogP contribution < -0.4 is 0 Å². The minimum Gasteiger partial charge on any atom is -0.395 e. The van der Waals surface area contributed by atoms with Gasteiger partial charge in [-0.3, -0.25) is 4.90 Å².